The van der Waals surface area contributed by atoms with Crippen molar-refractivity contribution in [2.75, 3.05) is 5.75 Å². The largest absolute Gasteiger partial charge is 0.486 e. The van der Waals surface area contributed by atoms with Gasteiger partial charge in [-0.2, -0.15) is 9.78 Å². The molecule has 29 heavy (non-hydrogen) atoms. The molecule has 6 nitrogen and oxygen atoms in total. The van der Waals surface area contributed by atoms with Crippen LogP contribution in [-0.2, 0) is 6.61 Å². The number of aryl methyl sites for hydroxylation is 2. The van der Waals surface area contributed by atoms with Gasteiger partial charge in [-0.05, 0) is 55.0 Å². The van der Waals surface area contributed by atoms with Crippen molar-refractivity contribution in [2.24, 2.45) is 5.10 Å². The topological polar surface area (TPSA) is 65.4 Å². The molecule has 0 saturated carbocycles. The molecule has 3 rings (SSSR count). The first kappa shape index (κ1) is 21.3. The van der Waals surface area contributed by atoms with Crippen molar-refractivity contribution in [2.45, 2.75) is 39.0 Å². The van der Waals surface area contributed by atoms with Crippen molar-refractivity contribution >= 4 is 29.6 Å². The minimum atomic E-state index is -2.78. The van der Waals surface area contributed by atoms with Crippen LogP contribution < -0.4 is 4.74 Å². The molecule has 0 N–H and O–H groups in total. The molecule has 3 aromatic rings. The highest BCUT2D eigenvalue weighted by molar-refractivity contribution is 7.99. The summed E-state index contributed by atoms with van der Waals surface area (Å²) in [4.78, 5) is 0. The van der Waals surface area contributed by atoms with E-state index in [9.17, 15) is 8.78 Å². The first-order valence-corrected chi connectivity index (χ1v) is 10.1. The summed E-state index contributed by atoms with van der Waals surface area (Å²) in [6.45, 7) is 5.92. The third-order valence-electron chi connectivity index (χ3n) is 3.88. The Morgan fingerprint density at radius 2 is 2.00 bits per heavy atom. The van der Waals surface area contributed by atoms with E-state index < -0.39 is 12.2 Å². The molecule has 0 fully saturated rings. The molecule has 0 spiro atoms. The highest BCUT2D eigenvalue weighted by Crippen LogP contribution is 2.27. The van der Waals surface area contributed by atoms with Gasteiger partial charge in [-0.25, -0.2) is 8.78 Å². The Labute approximate surface area is 175 Å². The van der Waals surface area contributed by atoms with Gasteiger partial charge in [0.2, 0.25) is 11.0 Å². The summed E-state index contributed by atoms with van der Waals surface area (Å²) < 4.78 is 38.6. The highest BCUT2D eigenvalue weighted by Gasteiger charge is 2.20. The zero-order valence-corrected chi connectivity index (χ0v) is 17.6. The molecule has 1 aromatic carbocycles. The summed E-state index contributed by atoms with van der Waals surface area (Å²) in [6.07, 6.45) is -1.44. The molecule has 0 saturated heterocycles. The molecule has 154 valence electrons. The zero-order chi connectivity index (χ0) is 21.0. The number of nitrogens with zero attached hydrogens (tertiary/aromatic N) is 4. The molecule has 0 aliphatic carbocycles. The van der Waals surface area contributed by atoms with E-state index >= 15 is 0 Å². The summed E-state index contributed by atoms with van der Waals surface area (Å²) in [7, 11) is 0. The monoisotopic (exact) mass is 440 g/mol. The maximum absolute atomic E-state index is 13.1. The standard InChI is InChI=1S/C19H19ClF2N4O2S/c1-4-29-19-25-24-18(17(21)22)26(19)23-9-13-5-6-14(28-13)10-27-15-7-11(2)16(20)12(3)8-15/h5-9,17H,4,10H2,1-3H3/b23-9+. The van der Waals surface area contributed by atoms with Crippen LogP contribution in [0.25, 0.3) is 0 Å². The Morgan fingerprint density at radius 3 is 2.66 bits per heavy atom. The number of thioether (sulfide) groups is 1. The van der Waals surface area contributed by atoms with Gasteiger partial charge >= 0.3 is 0 Å². The van der Waals surface area contributed by atoms with E-state index in [4.69, 9.17) is 20.8 Å². The lowest BCUT2D eigenvalue weighted by atomic mass is 10.1. The quantitative estimate of drug-likeness (QED) is 0.334. The van der Waals surface area contributed by atoms with Gasteiger partial charge in [-0.15, -0.1) is 10.2 Å². The van der Waals surface area contributed by atoms with Gasteiger partial charge in [0.1, 0.15) is 23.9 Å². The molecule has 0 radical (unpaired) electrons. The molecule has 0 amide bonds. The lowest BCUT2D eigenvalue weighted by Crippen LogP contribution is -2.00. The van der Waals surface area contributed by atoms with Gasteiger partial charge in [-0.3, -0.25) is 0 Å². The van der Waals surface area contributed by atoms with Crippen LogP contribution in [0.1, 0.15) is 41.8 Å². The molecular formula is C19H19ClF2N4O2S. The number of rotatable bonds is 8. The van der Waals surface area contributed by atoms with Crippen LogP contribution >= 0.6 is 23.4 Å². The van der Waals surface area contributed by atoms with Crippen molar-refractivity contribution in [1.29, 1.82) is 0 Å². The molecule has 0 aliphatic heterocycles. The Kier molecular flexibility index (Phi) is 6.92. The summed E-state index contributed by atoms with van der Waals surface area (Å²) in [6, 6.07) is 7.12. The fourth-order valence-electron chi connectivity index (χ4n) is 2.54. The van der Waals surface area contributed by atoms with Crippen LogP contribution in [0.4, 0.5) is 8.78 Å². The van der Waals surface area contributed by atoms with Gasteiger partial charge < -0.3 is 9.15 Å². The first-order chi connectivity index (χ1) is 13.9. The maximum Gasteiger partial charge on any atom is 0.299 e. The van der Waals surface area contributed by atoms with E-state index in [2.05, 4.69) is 15.3 Å². The number of benzene rings is 1. The summed E-state index contributed by atoms with van der Waals surface area (Å²) in [5.41, 5.74) is 1.86. The minimum Gasteiger partial charge on any atom is -0.486 e. The van der Waals surface area contributed by atoms with E-state index in [0.717, 1.165) is 15.8 Å². The molecule has 10 heteroatoms. The van der Waals surface area contributed by atoms with Gasteiger partial charge in [0.15, 0.2) is 0 Å². The van der Waals surface area contributed by atoms with Crippen LogP contribution in [0.5, 0.6) is 5.75 Å². The number of hydrogen-bond donors (Lipinski definition) is 0. The lowest BCUT2D eigenvalue weighted by molar-refractivity contribution is 0.135. The first-order valence-electron chi connectivity index (χ1n) is 8.78. The second-order valence-electron chi connectivity index (χ2n) is 6.09. The molecule has 2 heterocycles. The average Bonchev–Trinajstić information content (AvgIpc) is 3.29. The SMILES string of the molecule is CCSc1nnc(C(F)F)n1/N=C/c1ccc(COc2cc(C)c(Cl)c(C)c2)o1. The zero-order valence-electron chi connectivity index (χ0n) is 16.0. The molecule has 0 aliphatic rings. The molecule has 0 bridgehead atoms. The number of halogens is 3. The summed E-state index contributed by atoms with van der Waals surface area (Å²) in [5.74, 6) is 1.79. The predicted molar refractivity (Wildman–Crippen MR) is 108 cm³/mol. The van der Waals surface area contributed by atoms with Crippen LogP contribution in [0.2, 0.25) is 5.02 Å². The number of ether oxygens (including phenoxy) is 1. The predicted octanol–water partition coefficient (Wildman–Crippen LogP) is 5.65. The summed E-state index contributed by atoms with van der Waals surface area (Å²) >= 11 is 7.43. The second kappa shape index (κ2) is 9.41. The van der Waals surface area contributed by atoms with Gasteiger partial charge in [0, 0.05) is 5.02 Å². The maximum atomic E-state index is 13.1. The number of alkyl halides is 2. The van der Waals surface area contributed by atoms with Gasteiger partial charge in [0.25, 0.3) is 6.43 Å². The average molecular weight is 441 g/mol. The third kappa shape index (κ3) is 5.16. The van der Waals surface area contributed by atoms with E-state index in [1.54, 1.807) is 12.1 Å². The Bertz CT molecular complexity index is 997. The Hall–Kier alpha value is -2.39. The van der Waals surface area contributed by atoms with E-state index in [1.807, 2.05) is 32.9 Å². The van der Waals surface area contributed by atoms with Gasteiger partial charge in [0.05, 0.1) is 6.21 Å². The molecule has 0 atom stereocenters. The van der Waals surface area contributed by atoms with Crippen LogP contribution in [0.15, 0.2) is 38.9 Å². The van der Waals surface area contributed by atoms with Crippen LogP contribution in [0, 0.1) is 13.8 Å². The van der Waals surface area contributed by atoms with E-state index in [1.165, 1.54) is 18.0 Å². The minimum absolute atomic E-state index is 0.209. The number of furan rings is 1. The molecule has 2 aromatic heterocycles. The number of aromatic nitrogens is 3. The number of hydrogen-bond acceptors (Lipinski definition) is 6. The fourth-order valence-corrected chi connectivity index (χ4v) is 3.27. The normalized spacial score (nSPS) is 11.7. The van der Waals surface area contributed by atoms with E-state index in [0.29, 0.717) is 33.2 Å². The lowest BCUT2D eigenvalue weighted by Gasteiger charge is -2.08. The van der Waals surface area contributed by atoms with Crippen molar-refractivity contribution < 1.29 is 17.9 Å². The Balaban J connectivity index is 1.70. The second-order valence-corrected chi connectivity index (χ2v) is 7.70. The Morgan fingerprint density at radius 1 is 1.28 bits per heavy atom. The third-order valence-corrected chi connectivity index (χ3v) is 5.28. The van der Waals surface area contributed by atoms with Crippen molar-refractivity contribution in [3.63, 3.8) is 0 Å². The van der Waals surface area contributed by atoms with Crippen molar-refractivity contribution in [1.82, 2.24) is 14.9 Å². The van der Waals surface area contributed by atoms with Crippen LogP contribution in [0.3, 0.4) is 0 Å². The smallest absolute Gasteiger partial charge is 0.299 e. The van der Waals surface area contributed by atoms with E-state index in [-0.39, 0.29) is 6.61 Å². The van der Waals surface area contributed by atoms with Gasteiger partial charge in [-0.1, -0.05) is 30.3 Å². The molecular weight excluding hydrogens is 422 g/mol. The highest BCUT2D eigenvalue weighted by atomic mass is 35.5. The van der Waals surface area contributed by atoms with Crippen molar-refractivity contribution in [3.05, 3.63) is 57.8 Å². The summed E-state index contributed by atoms with van der Waals surface area (Å²) in [5, 5.41) is 12.3. The molecule has 0 unspecified atom stereocenters. The van der Waals surface area contributed by atoms with Crippen molar-refractivity contribution in [3.8, 4) is 5.75 Å². The fraction of sp³-hybridized carbons (Fsp3) is 0.316. The van der Waals surface area contributed by atoms with Crippen LogP contribution in [-0.4, -0.2) is 26.8 Å².